The molecule has 3 heterocycles. The normalized spacial score (nSPS) is 11.4. The van der Waals surface area contributed by atoms with E-state index in [1.165, 1.54) is 30.5 Å². The van der Waals surface area contributed by atoms with Gasteiger partial charge in [0.15, 0.2) is 5.03 Å². The third-order valence-electron chi connectivity index (χ3n) is 3.40. The maximum atomic E-state index is 13.2. The fourth-order valence-corrected chi connectivity index (χ4v) is 3.67. The lowest BCUT2D eigenvalue weighted by atomic mass is 10.1. The molecule has 0 aromatic carbocycles. The van der Waals surface area contributed by atoms with E-state index in [0.717, 1.165) is 11.6 Å². The average molecular weight is 413 g/mol. The van der Waals surface area contributed by atoms with Crippen molar-refractivity contribution in [3.63, 3.8) is 0 Å². The van der Waals surface area contributed by atoms with E-state index in [-0.39, 0.29) is 21.7 Å². The topological polar surface area (TPSA) is 84.8 Å². The van der Waals surface area contributed by atoms with Gasteiger partial charge in [0.25, 0.3) is 10.0 Å². The molecule has 0 aliphatic carbocycles. The Hall–Kier alpha value is -2.29. The summed E-state index contributed by atoms with van der Waals surface area (Å²) in [5.41, 5.74) is 1.53. The monoisotopic (exact) mass is 412 g/mol. The summed E-state index contributed by atoms with van der Waals surface area (Å²) in [5.74, 6) is -0.926. The highest BCUT2D eigenvalue weighted by molar-refractivity contribution is 7.92. The lowest BCUT2D eigenvalue weighted by Crippen LogP contribution is -2.16. The van der Waals surface area contributed by atoms with Crippen molar-refractivity contribution in [1.82, 2.24) is 15.0 Å². The van der Waals surface area contributed by atoms with Crippen LogP contribution in [0.25, 0.3) is 11.3 Å². The molecule has 0 bridgehead atoms. The number of hydrogen-bond donors (Lipinski definition) is 1. The van der Waals surface area contributed by atoms with E-state index in [1.807, 2.05) is 0 Å². The Morgan fingerprint density at radius 2 is 1.85 bits per heavy atom. The summed E-state index contributed by atoms with van der Waals surface area (Å²) in [6.07, 6.45) is 1.54. The van der Waals surface area contributed by atoms with E-state index in [2.05, 4.69) is 19.7 Å². The fraction of sp³-hybridized carbons (Fsp3) is 0.0625. The molecule has 0 spiro atoms. The third-order valence-corrected chi connectivity index (χ3v) is 5.25. The molecule has 0 aliphatic heterocycles. The van der Waals surface area contributed by atoms with Crippen LogP contribution in [-0.4, -0.2) is 23.4 Å². The molecule has 0 saturated carbocycles. The molecule has 0 fully saturated rings. The Bertz CT molecular complexity index is 1070. The summed E-state index contributed by atoms with van der Waals surface area (Å²) in [5, 5.41) is -0.00702. The summed E-state index contributed by atoms with van der Waals surface area (Å²) in [6.45, 7) is 1.80. The van der Waals surface area contributed by atoms with E-state index in [9.17, 15) is 12.8 Å². The first kappa shape index (κ1) is 18.5. The van der Waals surface area contributed by atoms with Gasteiger partial charge in [-0.25, -0.2) is 15.0 Å². The van der Waals surface area contributed by atoms with Gasteiger partial charge < -0.3 is 0 Å². The number of hydrogen-bond acceptors (Lipinski definition) is 5. The standard InChI is InChI=1S/C16H11Cl2FN4O2S/c1-9-7-8-20-16(18)14(9)15-10(17)5-6-12(22-15)23-26(24,25)13-4-2-3-11(19)21-13/h2-8H,1H3,(H,22,23). The van der Waals surface area contributed by atoms with Gasteiger partial charge in [0.05, 0.1) is 10.7 Å². The lowest BCUT2D eigenvalue weighted by Gasteiger charge is -2.12. The van der Waals surface area contributed by atoms with Crippen LogP contribution in [0.4, 0.5) is 10.2 Å². The molecular weight excluding hydrogens is 402 g/mol. The number of aryl methyl sites for hydroxylation is 1. The smallest absolute Gasteiger partial charge is 0.262 e. The van der Waals surface area contributed by atoms with Crippen LogP contribution in [0.2, 0.25) is 10.2 Å². The van der Waals surface area contributed by atoms with Crippen LogP contribution in [0.3, 0.4) is 0 Å². The van der Waals surface area contributed by atoms with Gasteiger partial charge in [-0.05, 0) is 42.8 Å². The van der Waals surface area contributed by atoms with Crippen molar-refractivity contribution in [1.29, 1.82) is 0 Å². The van der Waals surface area contributed by atoms with Crippen LogP contribution >= 0.6 is 23.2 Å². The minimum Gasteiger partial charge on any atom is -0.262 e. The summed E-state index contributed by atoms with van der Waals surface area (Å²) in [7, 11) is -4.12. The van der Waals surface area contributed by atoms with Gasteiger partial charge in [-0.1, -0.05) is 29.3 Å². The van der Waals surface area contributed by atoms with Crippen molar-refractivity contribution in [3.8, 4) is 11.3 Å². The number of anilines is 1. The van der Waals surface area contributed by atoms with Crippen LogP contribution in [0.1, 0.15) is 5.56 Å². The highest BCUT2D eigenvalue weighted by Gasteiger charge is 2.19. The fourth-order valence-electron chi connectivity index (χ4n) is 2.21. The first-order valence-electron chi connectivity index (χ1n) is 7.21. The zero-order valence-corrected chi connectivity index (χ0v) is 15.6. The van der Waals surface area contributed by atoms with Crippen LogP contribution in [0.5, 0.6) is 0 Å². The molecule has 3 rings (SSSR count). The maximum Gasteiger partial charge on any atom is 0.280 e. The highest BCUT2D eigenvalue weighted by Crippen LogP contribution is 2.34. The molecule has 0 unspecified atom stereocenters. The first-order valence-corrected chi connectivity index (χ1v) is 9.45. The lowest BCUT2D eigenvalue weighted by molar-refractivity contribution is 0.558. The second-order valence-electron chi connectivity index (χ2n) is 5.22. The van der Waals surface area contributed by atoms with Gasteiger partial charge >= 0.3 is 0 Å². The number of pyridine rings is 3. The van der Waals surface area contributed by atoms with E-state index in [1.54, 1.807) is 13.0 Å². The minimum absolute atomic E-state index is 0.0187. The summed E-state index contributed by atoms with van der Waals surface area (Å²) in [4.78, 5) is 11.6. The van der Waals surface area contributed by atoms with Crippen molar-refractivity contribution >= 4 is 39.0 Å². The Morgan fingerprint density at radius 1 is 1.08 bits per heavy atom. The molecule has 1 N–H and O–H groups in total. The second-order valence-corrected chi connectivity index (χ2v) is 7.62. The molecule has 26 heavy (non-hydrogen) atoms. The van der Waals surface area contributed by atoms with Crippen molar-refractivity contribution in [3.05, 3.63) is 64.3 Å². The maximum absolute atomic E-state index is 13.2. The molecule has 3 aromatic heterocycles. The molecule has 3 aromatic rings. The van der Waals surface area contributed by atoms with E-state index < -0.39 is 21.0 Å². The van der Waals surface area contributed by atoms with E-state index in [0.29, 0.717) is 5.56 Å². The number of nitrogens with zero attached hydrogens (tertiary/aromatic N) is 3. The quantitative estimate of drug-likeness (QED) is 0.652. The van der Waals surface area contributed by atoms with E-state index in [4.69, 9.17) is 23.2 Å². The Morgan fingerprint density at radius 3 is 2.54 bits per heavy atom. The van der Waals surface area contributed by atoms with Crippen molar-refractivity contribution in [2.75, 3.05) is 4.72 Å². The van der Waals surface area contributed by atoms with Crippen LogP contribution in [-0.2, 0) is 10.0 Å². The molecular formula is C16H11Cl2FN4O2S. The third kappa shape index (κ3) is 3.77. The number of sulfonamides is 1. The van der Waals surface area contributed by atoms with Crippen LogP contribution in [0, 0.1) is 12.9 Å². The number of nitrogens with one attached hydrogen (secondary N) is 1. The molecule has 0 radical (unpaired) electrons. The zero-order valence-electron chi connectivity index (χ0n) is 13.2. The Kier molecular flexibility index (Phi) is 5.08. The largest absolute Gasteiger partial charge is 0.280 e. The number of halogens is 3. The average Bonchev–Trinajstić information content (AvgIpc) is 2.57. The van der Waals surface area contributed by atoms with Crippen molar-refractivity contribution in [2.45, 2.75) is 11.9 Å². The van der Waals surface area contributed by atoms with Gasteiger partial charge in [0, 0.05) is 11.8 Å². The molecule has 6 nitrogen and oxygen atoms in total. The van der Waals surface area contributed by atoms with Crippen molar-refractivity contribution < 1.29 is 12.8 Å². The van der Waals surface area contributed by atoms with Gasteiger partial charge in [-0.3, -0.25) is 4.72 Å². The second kappa shape index (κ2) is 7.14. The highest BCUT2D eigenvalue weighted by atomic mass is 35.5. The Balaban J connectivity index is 2.03. The summed E-state index contributed by atoms with van der Waals surface area (Å²) < 4.78 is 40.2. The molecule has 0 aliphatic rings. The summed E-state index contributed by atoms with van der Waals surface area (Å²) in [6, 6.07) is 8.05. The molecule has 0 atom stereocenters. The number of aromatic nitrogens is 3. The molecule has 0 amide bonds. The predicted molar refractivity (Wildman–Crippen MR) is 97.2 cm³/mol. The number of rotatable bonds is 4. The van der Waals surface area contributed by atoms with E-state index >= 15 is 0 Å². The van der Waals surface area contributed by atoms with Gasteiger partial charge in [0.2, 0.25) is 5.95 Å². The molecule has 134 valence electrons. The van der Waals surface area contributed by atoms with Gasteiger partial charge in [-0.2, -0.15) is 12.8 Å². The van der Waals surface area contributed by atoms with Gasteiger partial charge in [-0.15, -0.1) is 0 Å². The molecule has 10 heteroatoms. The zero-order chi connectivity index (χ0) is 18.9. The van der Waals surface area contributed by atoms with Gasteiger partial charge in [0.1, 0.15) is 11.0 Å². The Labute approximate surface area is 159 Å². The first-order chi connectivity index (χ1) is 12.3. The van der Waals surface area contributed by atoms with Crippen LogP contribution < -0.4 is 4.72 Å². The minimum atomic E-state index is -4.12. The van der Waals surface area contributed by atoms with Crippen LogP contribution in [0.15, 0.2) is 47.6 Å². The van der Waals surface area contributed by atoms with Crippen molar-refractivity contribution in [2.24, 2.45) is 0 Å². The predicted octanol–water partition coefficient (Wildman–Crippen LogP) is 4.09. The molecule has 0 saturated heterocycles. The SMILES string of the molecule is Cc1ccnc(Cl)c1-c1nc(NS(=O)(=O)c2cccc(F)n2)ccc1Cl. The summed E-state index contributed by atoms with van der Waals surface area (Å²) >= 11 is 12.3.